The van der Waals surface area contributed by atoms with Crippen molar-refractivity contribution >= 4 is 11.9 Å². The second-order valence-electron chi connectivity index (χ2n) is 12.6. The molecule has 0 aromatic heterocycles. The number of carbonyl (C=O) groups is 2. The number of benzene rings is 2. The first-order chi connectivity index (χ1) is 17.5. The van der Waals surface area contributed by atoms with E-state index in [9.17, 15) is 14.7 Å². The third-order valence-corrected chi connectivity index (χ3v) is 10.5. The lowest BCUT2D eigenvalue weighted by Crippen LogP contribution is -2.52. The summed E-state index contributed by atoms with van der Waals surface area (Å²) in [7, 11) is 0. The molecule has 3 atom stereocenters. The smallest absolute Gasteiger partial charge is 0.310 e. The first-order valence-electron chi connectivity index (χ1n) is 13.8. The molecule has 6 bridgehead atoms. The molecule has 0 spiro atoms. The highest BCUT2D eigenvalue weighted by Gasteiger charge is 2.62. The van der Waals surface area contributed by atoms with Crippen molar-refractivity contribution in [2.45, 2.75) is 50.4 Å². The summed E-state index contributed by atoms with van der Waals surface area (Å²) >= 11 is 0. The molecule has 2 N–H and O–H groups in total. The molecule has 6 aliphatic rings. The van der Waals surface area contributed by atoms with Gasteiger partial charge in [-0.2, -0.15) is 0 Å². The van der Waals surface area contributed by atoms with Crippen molar-refractivity contribution in [3.05, 3.63) is 83.4 Å². The number of rotatable bonds is 6. The van der Waals surface area contributed by atoms with E-state index >= 15 is 0 Å². The number of fused-ring (bicyclic) bond motifs is 2. The summed E-state index contributed by atoms with van der Waals surface area (Å²) in [6, 6.07) is 20.5. The van der Waals surface area contributed by atoms with Crippen molar-refractivity contribution in [1.29, 1.82) is 0 Å². The molecule has 0 heterocycles. The van der Waals surface area contributed by atoms with Crippen LogP contribution in [-0.4, -0.2) is 23.5 Å². The van der Waals surface area contributed by atoms with Crippen LogP contribution in [0.3, 0.4) is 0 Å². The van der Waals surface area contributed by atoms with E-state index in [1.54, 1.807) is 0 Å². The second kappa shape index (κ2) is 8.06. The topological polar surface area (TPSA) is 66.4 Å². The minimum absolute atomic E-state index is 0.0412. The van der Waals surface area contributed by atoms with Crippen molar-refractivity contribution < 1.29 is 14.7 Å². The first kappa shape index (κ1) is 22.3. The number of aliphatic carboxylic acids is 1. The molecular formula is C32H35NO3. The SMILES string of the molecule is O=C(O)C1C=C2CC(c3ccccc3)(c3ccccc3)C1C2C(=O)NCC12CC3CC(CC(C3)C1)C2. The lowest BCUT2D eigenvalue weighted by atomic mass is 9.49. The predicted molar refractivity (Wildman–Crippen MR) is 138 cm³/mol. The molecule has 4 nitrogen and oxygen atoms in total. The van der Waals surface area contributed by atoms with E-state index in [4.69, 9.17) is 0 Å². The Labute approximate surface area is 213 Å². The highest BCUT2D eigenvalue weighted by atomic mass is 16.4. The third-order valence-electron chi connectivity index (χ3n) is 10.5. The Hall–Kier alpha value is -2.88. The van der Waals surface area contributed by atoms with Gasteiger partial charge < -0.3 is 10.4 Å². The Morgan fingerprint density at radius 2 is 1.36 bits per heavy atom. The number of carboxylic acids is 1. The van der Waals surface area contributed by atoms with Crippen LogP contribution >= 0.6 is 0 Å². The Balaban J connectivity index is 1.23. The monoisotopic (exact) mass is 481 g/mol. The predicted octanol–water partition coefficient (Wildman–Crippen LogP) is 5.58. The average molecular weight is 482 g/mol. The highest BCUT2D eigenvalue weighted by molar-refractivity contribution is 5.88. The van der Waals surface area contributed by atoms with Crippen LogP contribution < -0.4 is 5.32 Å². The van der Waals surface area contributed by atoms with Gasteiger partial charge in [-0.05, 0) is 79.2 Å². The van der Waals surface area contributed by atoms with E-state index in [1.807, 2.05) is 42.5 Å². The van der Waals surface area contributed by atoms with Crippen LogP contribution in [0.5, 0.6) is 0 Å². The van der Waals surface area contributed by atoms with Crippen LogP contribution in [0.2, 0.25) is 0 Å². The van der Waals surface area contributed by atoms with Crippen LogP contribution in [0.25, 0.3) is 0 Å². The van der Waals surface area contributed by atoms with Gasteiger partial charge in [0.15, 0.2) is 0 Å². The third kappa shape index (κ3) is 3.26. The molecule has 1 amide bonds. The van der Waals surface area contributed by atoms with E-state index in [-0.39, 0.29) is 23.2 Å². The molecule has 0 aliphatic heterocycles. The lowest BCUT2D eigenvalue weighted by molar-refractivity contribution is -0.143. The zero-order chi connectivity index (χ0) is 24.5. The van der Waals surface area contributed by atoms with E-state index < -0.39 is 17.3 Å². The molecule has 4 heteroatoms. The summed E-state index contributed by atoms with van der Waals surface area (Å²) in [4.78, 5) is 26.5. The molecular weight excluding hydrogens is 446 g/mol. The largest absolute Gasteiger partial charge is 0.481 e. The van der Waals surface area contributed by atoms with Crippen molar-refractivity contribution in [3.63, 3.8) is 0 Å². The van der Waals surface area contributed by atoms with E-state index in [1.165, 1.54) is 38.5 Å². The van der Waals surface area contributed by atoms with Crippen LogP contribution in [0.15, 0.2) is 72.3 Å². The summed E-state index contributed by atoms with van der Waals surface area (Å²) in [5, 5.41) is 13.7. The normalized spacial score (nSPS) is 37.1. The number of nitrogens with one attached hydrogen (secondary N) is 1. The van der Waals surface area contributed by atoms with Crippen molar-refractivity contribution in [2.24, 2.45) is 40.9 Å². The van der Waals surface area contributed by atoms with Crippen LogP contribution in [-0.2, 0) is 15.0 Å². The molecule has 3 unspecified atom stereocenters. The van der Waals surface area contributed by atoms with E-state index in [2.05, 4.69) is 29.6 Å². The highest BCUT2D eigenvalue weighted by Crippen LogP contribution is 2.63. The zero-order valence-corrected chi connectivity index (χ0v) is 20.7. The van der Waals surface area contributed by atoms with Gasteiger partial charge in [-0.25, -0.2) is 0 Å². The Kier molecular flexibility index (Phi) is 5.00. The van der Waals surface area contributed by atoms with Crippen LogP contribution in [0.1, 0.15) is 56.1 Å². The summed E-state index contributed by atoms with van der Waals surface area (Å²) < 4.78 is 0. The zero-order valence-electron chi connectivity index (χ0n) is 20.7. The van der Waals surface area contributed by atoms with Gasteiger partial charge in [0.25, 0.3) is 0 Å². The molecule has 6 aliphatic carbocycles. The Bertz CT molecular complexity index is 1140. The fraction of sp³-hybridized carbons (Fsp3) is 0.500. The Morgan fingerprint density at radius 1 is 0.833 bits per heavy atom. The minimum Gasteiger partial charge on any atom is -0.481 e. The molecule has 5 fully saturated rings. The summed E-state index contributed by atoms with van der Waals surface area (Å²) in [6.07, 6.45) is 10.5. The Morgan fingerprint density at radius 3 is 1.86 bits per heavy atom. The number of hydrogen-bond acceptors (Lipinski definition) is 2. The van der Waals surface area contributed by atoms with Gasteiger partial charge in [0, 0.05) is 17.9 Å². The number of hydrogen-bond donors (Lipinski definition) is 2. The van der Waals surface area contributed by atoms with Gasteiger partial charge in [-0.3, -0.25) is 9.59 Å². The molecule has 5 saturated carbocycles. The fourth-order valence-corrected chi connectivity index (χ4v) is 9.75. The standard InChI is InChI=1S/C32H35NO3/c34-29(33-19-31-15-20-11-21(16-31)13-22(12-20)17-31)27-23-14-26(30(35)36)28(27)32(18-23,24-7-3-1-4-8-24)25-9-5-2-6-10-25/h1-10,14,20-22,26-28H,11-13,15-19H2,(H,33,34)(H,35,36). The molecule has 186 valence electrons. The van der Waals surface area contributed by atoms with Gasteiger partial charge in [0.2, 0.25) is 5.91 Å². The summed E-state index contributed by atoms with van der Waals surface area (Å²) in [5.41, 5.74) is 2.96. The van der Waals surface area contributed by atoms with E-state index in [0.29, 0.717) is 6.42 Å². The molecule has 2 aromatic rings. The molecule has 0 radical (unpaired) electrons. The molecule has 8 rings (SSSR count). The molecule has 36 heavy (non-hydrogen) atoms. The second-order valence-corrected chi connectivity index (χ2v) is 12.6. The van der Waals surface area contributed by atoms with Crippen LogP contribution in [0.4, 0.5) is 0 Å². The number of amides is 1. The maximum atomic E-state index is 14.0. The molecule has 2 aromatic carbocycles. The van der Waals surface area contributed by atoms with Crippen LogP contribution in [0, 0.1) is 40.9 Å². The molecule has 0 saturated heterocycles. The van der Waals surface area contributed by atoms with Gasteiger partial charge in [0.05, 0.1) is 11.8 Å². The lowest BCUT2D eigenvalue weighted by Gasteiger charge is -2.57. The number of carbonyl (C=O) groups excluding carboxylic acids is 1. The van der Waals surface area contributed by atoms with Crippen molar-refractivity contribution in [3.8, 4) is 0 Å². The fourth-order valence-electron chi connectivity index (χ4n) is 9.75. The first-order valence-corrected chi connectivity index (χ1v) is 13.8. The number of carboxylic acid groups (broad SMARTS) is 1. The minimum atomic E-state index is -0.829. The van der Waals surface area contributed by atoms with Crippen molar-refractivity contribution in [2.75, 3.05) is 6.54 Å². The maximum absolute atomic E-state index is 14.0. The van der Waals surface area contributed by atoms with E-state index in [0.717, 1.165) is 41.0 Å². The maximum Gasteiger partial charge on any atom is 0.310 e. The van der Waals surface area contributed by atoms with Gasteiger partial charge in [-0.1, -0.05) is 72.3 Å². The summed E-state index contributed by atoms with van der Waals surface area (Å²) in [6.45, 7) is 0.757. The van der Waals surface area contributed by atoms with Crippen molar-refractivity contribution in [1.82, 2.24) is 5.32 Å². The summed E-state index contributed by atoms with van der Waals surface area (Å²) in [5.74, 6) is 0.372. The van der Waals surface area contributed by atoms with Gasteiger partial charge >= 0.3 is 5.97 Å². The average Bonchev–Trinajstić information content (AvgIpc) is 3.42. The van der Waals surface area contributed by atoms with Gasteiger partial charge in [0.1, 0.15) is 0 Å². The quantitative estimate of drug-likeness (QED) is 0.529. The van der Waals surface area contributed by atoms with Gasteiger partial charge in [-0.15, -0.1) is 0 Å².